The van der Waals surface area contributed by atoms with Crippen molar-refractivity contribution in [2.75, 3.05) is 0 Å². The summed E-state index contributed by atoms with van der Waals surface area (Å²) >= 11 is 0. The number of amides is 1. The van der Waals surface area contributed by atoms with Crippen LogP contribution in [-0.2, 0) is 14.3 Å². The predicted octanol–water partition coefficient (Wildman–Crippen LogP) is 1.54. The van der Waals surface area contributed by atoms with E-state index in [2.05, 4.69) is 0 Å². The first kappa shape index (κ1) is 13.7. The third kappa shape index (κ3) is 3.54. The summed E-state index contributed by atoms with van der Waals surface area (Å²) in [6.07, 6.45) is 2.78. The first-order valence-corrected chi connectivity index (χ1v) is 5.81. The molecule has 0 bridgehead atoms. The Morgan fingerprint density at radius 2 is 1.65 bits per heavy atom. The second kappa shape index (κ2) is 5.29. The number of carbonyl (C=O) groups is 3. The largest absolute Gasteiger partial charge is 0.444 e. The van der Waals surface area contributed by atoms with E-state index in [0.717, 1.165) is 6.42 Å². The number of hydrogen-bond donors (Lipinski definition) is 0. The first-order chi connectivity index (χ1) is 7.89. The lowest BCUT2D eigenvalue weighted by atomic mass is 9.97. The van der Waals surface area contributed by atoms with Gasteiger partial charge in [0.05, 0.1) is 12.1 Å². The molecule has 1 heterocycles. The summed E-state index contributed by atoms with van der Waals surface area (Å²) in [6, 6.07) is -1.09. The first-order valence-electron chi connectivity index (χ1n) is 5.81. The SMILES string of the molecule is CC(C)(C)OC(=O)N1C(C=O)CCCC1C=O. The molecule has 17 heavy (non-hydrogen) atoms. The molecule has 1 aliphatic rings. The predicted molar refractivity (Wildman–Crippen MR) is 61.6 cm³/mol. The van der Waals surface area contributed by atoms with Crippen molar-refractivity contribution in [3.8, 4) is 0 Å². The van der Waals surface area contributed by atoms with Gasteiger partial charge in [0.15, 0.2) is 0 Å². The second-order valence-corrected chi connectivity index (χ2v) is 5.23. The minimum atomic E-state index is -0.630. The van der Waals surface area contributed by atoms with Gasteiger partial charge in [0.2, 0.25) is 0 Å². The fourth-order valence-corrected chi connectivity index (χ4v) is 1.91. The molecule has 1 aliphatic heterocycles. The Balaban J connectivity index is 2.83. The number of piperidine rings is 1. The van der Waals surface area contributed by atoms with Gasteiger partial charge in [0.25, 0.3) is 0 Å². The Morgan fingerprint density at radius 1 is 1.18 bits per heavy atom. The highest BCUT2D eigenvalue weighted by Gasteiger charge is 2.36. The molecular formula is C12H19NO4. The van der Waals surface area contributed by atoms with Crippen molar-refractivity contribution in [3.05, 3.63) is 0 Å². The van der Waals surface area contributed by atoms with Gasteiger partial charge in [-0.3, -0.25) is 4.90 Å². The zero-order valence-electron chi connectivity index (χ0n) is 10.5. The van der Waals surface area contributed by atoms with Crippen LogP contribution < -0.4 is 0 Å². The third-order valence-electron chi connectivity index (χ3n) is 2.63. The highest BCUT2D eigenvalue weighted by Crippen LogP contribution is 2.23. The van der Waals surface area contributed by atoms with E-state index in [1.165, 1.54) is 4.90 Å². The number of likely N-dealkylation sites (tertiary alicyclic amines) is 1. The van der Waals surface area contributed by atoms with E-state index in [4.69, 9.17) is 4.74 Å². The molecule has 0 aliphatic carbocycles. The number of ether oxygens (including phenoxy) is 1. The van der Waals surface area contributed by atoms with E-state index < -0.39 is 23.8 Å². The highest BCUT2D eigenvalue weighted by molar-refractivity contribution is 5.78. The van der Waals surface area contributed by atoms with Crippen LogP contribution >= 0.6 is 0 Å². The highest BCUT2D eigenvalue weighted by atomic mass is 16.6. The number of nitrogens with zero attached hydrogens (tertiary/aromatic N) is 1. The number of hydrogen-bond acceptors (Lipinski definition) is 4. The number of carbonyl (C=O) groups excluding carboxylic acids is 3. The van der Waals surface area contributed by atoms with Gasteiger partial charge in [-0.05, 0) is 40.0 Å². The van der Waals surface area contributed by atoms with Crippen molar-refractivity contribution >= 4 is 18.7 Å². The van der Waals surface area contributed by atoms with Crippen LogP contribution in [-0.4, -0.2) is 41.3 Å². The van der Waals surface area contributed by atoms with Crippen LogP contribution in [0.3, 0.4) is 0 Å². The summed E-state index contributed by atoms with van der Waals surface area (Å²) < 4.78 is 5.21. The normalized spacial score (nSPS) is 25.2. The third-order valence-corrected chi connectivity index (χ3v) is 2.63. The molecule has 0 spiro atoms. The fourth-order valence-electron chi connectivity index (χ4n) is 1.91. The minimum Gasteiger partial charge on any atom is -0.444 e. The lowest BCUT2D eigenvalue weighted by molar-refractivity contribution is -0.120. The zero-order chi connectivity index (χ0) is 13.1. The molecule has 5 nitrogen and oxygen atoms in total. The van der Waals surface area contributed by atoms with Crippen LogP contribution in [0.5, 0.6) is 0 Å². The van der Waals surface area contributed by atoms with E-state index >= 15 is 0 Å². The lowest BCUT2D eigenvalue weighted by Crippen LogP contribution is -2.53. The Kier molecular flexibility index (Phi) is 4.26. The van der Waals surface area contributed by atoms with E-state index in [9.17, 15) is 14.4 Å². The smallest absolute Gasteiger partial charge is 0.411 e. The van der Waals surface area contributed by atoms with Crippen molar-refractivity contribution < 1.29 is 19.1 Å². The summed E-state index contributed by atoms with van der Waals surface area (Å²) in [5.74, 6) is 0. The monoisotopic (exact) mass is 241 g/mol. The molecule has 1 saturated heterocycles. The van der Waals surface area contributed by atoms with Crippen LogP contribution in [0.15, 0.2) is 0 Å². The Labute approximate surface area is 101 Å². The summed E-state index contributed by atoms with van der Waals surface area (Å²) in [4.78, 5) is 35.1. The quantitative estimate of drug-likeness (QED) is 0.688. The maximum Gasteiger partial charge on any atom is 0.411 e. The van der Waals surface area contributed by atoms with Gasteiger partial charge in [-0.25, -0.2) is 4.79 Å². The van der Waals surface area contributed by atoms with Gasteiger partial charge in [0, 0.05) is 0 Å². The van der Waals surface area contributed by atoms with Gasteiger partial charge >= 0.3 is 6.09 Å². The van der Waals surface area contributed by atoms with Crippen LogP contribution in [0.2, 0.25) is 0 Å². The molecule has 1 rings (SSSR count). The minimum absolute atomic E-state index is 0.547. The van der Waals surface area contributed by atoms with Crippen LogP contribution in [0.4, 0.5) is 4.79 Å². The molecule has 2 unspecified atom stereocenters. The molecule has 0 aromatic heterocycles. The molecule has 0 radical (unpaired) electrons. The van der Waals surface area contributed by atoms with Gasteiger partial charge in [-0.2, -0.15) is 0 Å². The molecular weight excluding hydrogens is 222 g/mol. The van der Waals surface area contributed by atoms with E-state index in [1.54, 1.807) is 20.8 Å². The van der Waals surface area contributed by atoms with Gasteiger partial charge in [-0.1, -0.05) is 0 Å². The van der Waals surface area contributed by atoms with Crippen molar-refractivity contribution in [1.29, 1.82) is 0 Å². The maximum absolute atomic E-state index is 11.9. The van der Waals surface area contributed by atoms with Crippen LogP contribution in [0, 0.1) is 0 Å². The van der Waals surface area contributed by atoms with Crippen molar-refractivity contribution in [1.82, 2.24) is 4.90 Å². The van der Waals surface area contributed by atoms with Crippen molar-refractivity contribution in [2.45, 2.75) is 57.7 Å². The molecule has 96 valence electrons. The Morgan fingerprint density at radius 3 is 2.00 bits per heavy atom. The molecule has 1 amide bonds. The maximum atomic E-state index is 11.9. The lowest BCUT2D eigenvalue weighted by Gasteiger charge is -2.37. The molecule has 0 aromatic rings. The van der Waals surface area contributed by atoms with Gasteiger partial charge in [-0.15, -0.1) is 0 Å². The molecule has 5 heteroatoms. The van der Waals surface area contributed by atoms with E-state index in [0.29, 0.717) is 25.4 Å². The standard InChI is InChI=1S/C12H19NO4/c1-12(2,3)17-11(16)13-9(7-14)5-4-6-10(13)8-15/h7-10H,4-6H2,1-3H3. The number of rotatable bonds is 2. The molecule has 0 N–H and O–H groups in total. The van der Waals surface area contributed by atoms with Crippen molar-refractivity contribution in [3.63, 3.8) is 0 Å². The van der Waals surface area contributed by atoms with Crippen LogP contribution in [0.1, 0.15) is 40.0 Å². The second-order valence-electron chi connectivity index (χ2n) is 5.23. The number of aldehydes is 2. The van der Waals surface area contributed by atoms with Crippen molar-refractivity contribution in [2.24, 2.45) is 0 Å². The Bertz CT molecular complexity index is 292. The van der Waals surface area contributed by atoms with Crippen LogP contribution in [0.25, 0.3) is 0 Å². The topological polar surface area (TPSA) is 63.7 Å². The molecule has 0 aromatic carbocycles. The van der Waals surface area contributed by atoms with E-state index in [-0.39, 0.29) is 0 Å². The van der Waals surface area contributed by atoms with Gasteiger partial charge < -0.3 is 14.3 Å². The van der Waals surface area contributed by atoms with E-state index in [1.807, 2.05) is 0 Å². The summed E-state index contributed by atoms with van der Waals surface area (Å²) in [5, 5.41) is 0. The summed E-state index contributed by atoms with van der Waals surface area (Å²) in [6.45, 7) is 5.25. The van der Waals surface area contributed by atoms with Gasteiger partial charge in [0.1, 0.15) is 18.2 Å². The molecule has 0 saturated carbocycles. The fraction of sp³-hybridized carbons (Fsp3) is 0.750. The summed E-state index contributed by atoms with van der Waals surface area (Å²) in [7, 11) is 0. The average Bonchev–Trinajstić information content (AvgIpc) is 2.25. The zero-order valence-corrected chi connectivity index (χ0v) is 10.5. The molecule has 2 atom stereocenters. The summed E-state index contributed by atoms with van der Waals surface area (Å²) in [5.41, 5.74) is -0.630. The Hall–Kier alpha value is -1.39. The molecule has 1 fully saturated rings. The average molecular weight is 241 g/mol.